The number of aryl methyl sites for hydroxylation is 1. The number of benzene rings is 2. The highest BCUT2D eigenvalue weighted by Gasteiger charge is 2.18. The molecule has 1 aromatic heterocycles. The Morgan fingerprint density at radius 1 is 1.22 bits per heavy atom. The molecule has 0 unspecified atom stereocenters. The van der Waals surface area contributed by atoms with E-state index in [2.05, 4.69) is 26.3 Å². The van der Waals surface area contributed by atoms with Gasteiger partial charge < -0.3 is 10.1 Å². The Hall–Kier alpha value is -3.07. The van der Waals surface area contributed by atoms with Gasteiger partial charge in [-0.05, 0) is 24.3 Å². The van der Waals surface area contributed by atoms with Gasteiger partial charge in [-0.1, -0.05) is 34.1 Å². The SMILES string of the molecule is Cn1nc(C(=O)OCC(=O)Nc2ccc(Br)cc2F)c2ccccc2c1=O. The summed E-state index contributed by atoms with van der Waals surface area (Å²) in [6, 6.07) is 10.6. The van der Waals surface area contributed by atoms with Gasteiger partial charge in [-0.3, -0.25) is 9.59 Å². The van der Waals surface area contributed by atoms with E-state index in [1.54, 1.807) is 30.3 Å². The molecule has 0 spiro atoms. The van der Waals surface area contributed by atoms with Gasteiger partial charge in [-0.25, -0.2) is 13.9 Å². The number of halogens is 2. The van der Waals surface area contributed by atoms with Gasteiger partial charge in [-0.2, -0.15) is 5.10 Å². The minimum Gasteiger partial charge on any atom is -0.451 e. The summed E-state index contributed by atoms with van der Waals surface area (Å²) < 4.78 is 20.3. The third kappa shape index (κ3) is 4.03. The van der Waals surface area contributed by atoms with Crippen LogP contribution in [0.3, 0.4) is 0 Å². The Labute approximate surface area is 160 Å². The zero-order chi connectivity index (χ0) is 19.6. The van der Waals surface area contributed by atoms with Gasteiger partial charge in [0.15, 0.2) is 12.3 Å². The zero-order valence-corrected chi connectivity index (χ0v) is 15.6. The van der Waals surface area contributed by atoms with E-state index in [0.29, 0.717) is 15.2 Å². The fraction of sp³-hybridized carbons (Fsp3) is 0.111. The smallest absolute Gasteiger partial charge is 0.359 e. The average molecular weight is 434 g/mol. The molecule has 0 atom stereocenters. The van der Waals surface area contributed by atoms with Crippen molar-refractivity contribution < 1.29 is 18.7 Å². The lowest BCUT2D eigenvalue weighted by Crippen LogP contribution is -2.26. The van der Waals surface area contributed by atoms with E-state index in [9.17, 15) is 18.8 Å². The van der Waals surface area contributed by atoms with Crippen LogP contribution in [-0.2, 0) is 16.6 Å². The van der Waals surface area contributed by atoms with Gasteiger partial charge in [-0.15, -0.1) is 0 Å². The lowest BCUT2D eigenvalue weighted by Gasteiger charge is -2.09. The maximum absolute atomic E-state index is 13.7. The highest BCUT2D eigenvalue weighted by molar-refractivity contribution is 9.10. The number of aromatic nitrogens is 2. The largest absolute Gasteiger partial charge is 0.451 e. The predicted octanol–water partition coefficient (Wildman–Crippen LogP) is 2.63. The van der Waals surface area contributed by atoms with Gasteiger partial charge in [0.25, 0.3) is 11.5 Å². The van der Waals surface area contributed by atoms with E-state index in [-0.39, 0.29) is 16.9 Å². The van der Waals surface area contributed by atoms with Gasteiger partial charge in [0.1, 0.15) is 5.82 Å². The Balaban J connectivity index is 1.75. The Morgan fingerprint density at radius 2 is 1.93 bits per heavy atom. The Bertz CT molecular complexity index is 1110. The molecule has 1 amide bonds. The molecular weight excluding hydrogens is 421 g/mol. The van der Waals surface area contributed by atoms with Gasteiger partial charge >= 0.3 is 5.97 Å². The van der Waals surface area contributed by atoms with Crippen LogP contribution in [0.4, 0.5) is 10.1 Å². The molecule has 3 rings (SSSR count). The molecule has 0 bridgehead atoms. The number of esters is 1. The van der Waals surface area contributed by atoms with Crippen LogP contribution < -0.4 is 10.9 Å². The van der Waals surface area contributed by atoms with Crippen molar-refractivity contribution in [1.82, 2.24) is 9.78 Å². The number of hydrogen-bond acceptors (Lipinski definition) is 5. The molecule has 0 radical (unpaired) electrons. The normalized spacial score (nSPS) is 10.6. The summed E-state index contributed by atoms with van der Waals surface area (Å²) in [6.45, 7) is -0.632. The molecule has 0 aliphatic rings. The molecule has 0 saturated carbocycles. The molecule has 0 fully saturated rings. The molecule has 0 saturated heterocycles. The second-order valence-corrected chi connectivity index (χ2v) is 6.49. The summed E-state index contributed by atoms with van der Waals surface area (Å²) in [5, 5.41) is 6.87. The average Bonchev–Trinajstić information content (AvgIpc) is 2.65. The van der Waals surface area contributed by atoms with E-state index >= 15 is 0 Å². The summed E-state index contributed by atoms with van der Waals surface area (Å²) in [5.74, 6) is -2.21. The van der Waals surface area contributed by atoms with Crippen molar-refractivity contribution in [1.29, 1.82) is 0 Å². The van der Waals surface area contributed by atoms with Crippen LogP contribution >= 0.6 is 15.9 Å². The second-order valence-electron chi connectivity index (χ2n) is 5.57. The second kappa shape index (κ2) is 7.67. The van der Waals surface area contributed by atoms with Gasteiger partial charge in [0, 0.05) is 16.9 Å². The molecule has 27 heavy (non-hydrogen) atoms. The maximum atomic E-state index is 13.7. The minimum absolute atomic E-state index is 0.0371. The first-order valence-corrected chi connectivity index (χ1v) is 8.54. The number of fused-ring (bicyclic) bond motifs is 1. The summed E-state index contributed by atoms with van der Waals surface area (Å²) >= 11 is 3.12. The number of carbonyl (C=O) groups excluding carboxylic acids is 2. The number of rotatable bonds is 4. The number of amides is 1. The molecular formula is C18H13BrFN3O4. The van der Waals surface area contributed by atoms with Crippen LogP contribution in [0.15, 0.2) is 51.7 Å². The summed E-state index contributed by atoms with van der Waals surface area (Å²) in [6.07, 6.45) is 0. The molecule has 2 aromatic carbocycles. The number of carbonyl (C=O) groups is 2. The maximum Gasteiger partial charge on any atom is 0.359 e. The fourth-order valence-corrected chi connectivity index (χ4v) is 2.76. The number of ether oxygens (including phenoxy) is 1. The first-order chi connectivity index (χ1) is 12.9. The molecule has 3 aromatic rings. The topological polar surface area (TPSA) is 90.3 Å². The van der Waals surface area contributed by atoms with Crippen molar-refractivity contribution in [3.63, 3.8) is 0 Å². The zero-order valence-electron chi connectivity index (χ0n) is 14.0. The van der Waals surface area contributed by atoms with Gasteiger partial charge in [0.05, 0.1) is 11.1 Å². The minimum atomic E-state index is -0.867. The van der Waals surface area contributed by atoms with Crippen molar-refractivity contribution in [2.45, 2.75) is 0 Å². The fourth-order valence-electron chi connectivity index (χ4n) is 2.43. The molecule has 1 heterocycles. The van der Waals surface area contributed by atoms with Gasteiger partial charge in [0.2, 0.25) is 0 Å². The first kappa shape index (κ1) is 18.7. The predicted molar refractivity (Wildman–Crippen MR) is 100.0 cm³/mol. The van der Waals surface area contributed by atoms with E-state index in [0.717, 1.165) is 4.68 Å². The first-order valence-electron chi connectivity index (χ1n) is 7.75. The Kier molecular flexibility index (Phi) is 5.31. The lowest BCUT2D eigenvalue weighted by atomic mass is 10.1. The molecule has 1 N–H and O–H groups in total. The Morgan fingerprint density at radius 3 is 2.63 bits per heavy atom. The highest BCUT2D eigenvalue weighted by Crippen LogP contribution is 2.19. The van der Waals surface area contributed by atoms with E-state index in [4.69, 9.17) is 4.74 Å². The third-order valence-corrected chi connectivity index (χ3v) is 4.18. The molecule has 9 heteroatoms. The number of nitrogens with zero attached hydrogens (tertiary/aromatic N) is 2. The van der Waals surface area contributed by atoms with Crippen molar-refractivity contribution in [3.05, 3.63) is 68.8 Å². The van der Waals surface area contributed by atoms with E-state index in [1.807, 2.05) is 0 Å². The van der Waals surface area contributed by atoms with E-state index < -0.39 is 24.3 Å². The third-order valence-electron chi connectivity index (χ3n) is 3.69. The summed E-state index contributed by atoms with van der Waals surface area (Å²) in [4.78, 5) is 36.3. The molecule has 138 valence electrons. The molecule has 7 nitrogen and oxygen atoms in total. The van der Waals surface area contributed by atoms with Crippen LogP contribution in [0.2, 0.25) is 0 Å². The van der Waals surface area contributed by atoms with Crippen molar-refractivity contribution in [2.24, 2.45) is 7.05 Å². The van der Waals surface area contributed by atoms with Crippen molar-refractivity contribution >= 4 is 44.3 Å². The summed E-state index contributed by atoms with van der Waals surface area (Å²) in [5.41, 5.74) is -0.481. The number of hydrogen-bond donors (Lipinski definition) is 1. The molecule has 0 aliphatic carbocycles. The van der Waals surface area contributed by atoms with Crippen molar-refractivity contribution in [2.75, 3.05) is 11.9 Å². The van der Waals surface area contributed by atoms with Crippen LogP contribution in [0.25, 0.3) is 10.8 Å². The monoisotopic (exact) mass is 433 g/mol. The quantitative estimate of drug-likeness (QED) is 0.638. The standard InChI is InChI=1S/C18H13BrFN3O4/c1-23-17(25)12-5-3-2-4-11(12)16(22-23)18(26)27-9-15(24)21-14-7-6-10(19)8-13(14)20/h2-8H,9H2,1H3,(H,21,24). The van der Waals surface area contributed by atoms with Crippen LogP contribution in [-0.4, -0.2) is 28.3 Å². The van der Waals surface area contributed by atoms with Crippen LogP contribution in [0.5, 0.6) is 0 Å². The number of anilines is 1. The lowest BCUT2D eigenvalue weighted by molar-refractivity contribution is -0.119. The van der Waals surface area contributed by atoms with Crippen molar-refractivity contribution in [3.8, 4) is 0 Å². The summed E-state index contributed by atoms with van der Waals surface area (Å²) in [7, 11) is 1.41. The number of nitrogens with one attached hydrogen (secondary N) is 1. The van der Waals surface area contributed by atoms with E-state index in [1.165, 1.54) is 19.2 Å². The highest BCUT2D eigenvalue weighted by atomic mass is 79.9. The molecule has 0 aliphatic heterocycles. The van der Waals surface area contributed by atoms with Crippen LogP contribution in [0, 0.1) is 5.82 Å². The van der Waals surface area contributed by atoms with Crippen LogP contribution in [0.1, 0.15) is 10.5 Å².